The number of ether oxygens (including phenoxy) is 2. The zero-order valence-electron chi connectivity index (χ0n) is 12.9. The first-order valence-electron chi connectivity index (χ1n) is 6.71. The molecule has 1 aromatic carbocycles. The van der Waals surface area contributed by atoms with Gasteiger partial charge >= 0.3 is 0 Å². The van der Waals surface area contributed by atoms with E-state index in [1.165, 1.54) is 38.6 Å². The Labute approximate surface area is 137 Å². The van der Waals surface area contributed by atoms with Crippen molar-refractivity contribution in [2.24, 2.45) is 5.10 Å². The standard InChI is InChI=1S/C15H14N4O5/c1-23-13-7-10(12(19(21)22)8-14(13)24-2)9-17-18-15(20)11-5-3-4-6-16-11/h3-9H,1-2H3,(H,18,20)/b17-9+. The van der Waals surface area contributed by atoms with Gasteiger partial charge in [0.25, 0.3) is 11.6 Å². The van der Waals surface area contributed by atoms with Crippen molar-refractivity contribution < 1.29 is 19.2 Å². The smallest absolute Gasteiger partial charge is 0.289 e. The second kappa shape index (κ2) is 7.68. The molecule has 0 saturated heterocycles. The Balaban J connectivity index is 2.24. The number of nitrogens with zero attached hydrogens (tertiary/aromatic N) is 3. The zero-order chi connectivity index (χ0) is 17.5. The van der Waals surface area contributed by atoms with Gasteiger partial charge in [0, 0.05) is 6.20 Å². The largest absolute Gasteiger partial charge is 0.493 e. The first-order valence-corrected chi connectivity index (χ1v) is 6.71. The molecule has 0 bridgehead atoms. The number of nitrogens with one attached hydrogen (secondary N) is 1. The molecular weight excluding hydrogens is 316 g/mol. The van der Waals surface area contributed by atoms with Gasteiger partial charge < -0.3 is 9.47 Å². The number of amides is 1. The summed E-state index contributed by atoms with van der Waals surface area (Å²) in [5.74, 6) is -0.00514. The quantitative estimate of drug-likeness (QED) is 0.490. The summed E-state index contributed by atoms with van der Waals surface area (Å²) in [6.07, 6.45) is 2.62. The zero-order valence-corrected chi connectivity index (χ0v) is 12.9. The van der Waals surface area contributed by atoms with E-state index in [-0.39, 0.29) is 22.7 Å². The van der Waals surface area contributed by atoms with Crippen molar-refractivity contribution >= 4 is 17.8 Å². The molecule has 0 unspecified atom stereocenters. The molecule has 0 aliphatic heterocycles. The lowest BCUT2D eigenvalue weighted by Crippen LogP contribution is -2.18. The molecule has 1 amide bonds. The number of aromatic nitrogens is 1. The van der Waals surface area contributed by atoms with Gasteiger partial charge in [-0.15, -0.1) is 0 Å². The summed E-state index contributed by atoms with van der Waals surface area (Å²) in [5.41, 5.74) is 2.35. The predicted molar refractivity (Wildman–Crippen MR) is 85.5 cm³/mol. The number of benzene rings is 1. The van der Waals surface area contributed by atoms with Crippen LogP contribution in [0.2, 0.25) is 0 Å². The number of carbonyl (C=O) groups excluding carboxylic acids is 1. The minimum absolute atomic E-state index is 0.152. The topological polar surface area (TPSA) is 116 Å². The lowest BCUT2D eigenvalue weighted by molar-refractivity contribution is -0.385. The van der Waals surface area contributed by atoms with Crippen molar-refractivity contribution in [3.8, 4) is 11.5 Å². The van der Waals surface area contributed by atoms with E-state index in [4.69, 9.17) is 9.47 Å². The second-order valence-electron chi connectivity index (χ2n) is 4.44. The lowest BCUT2D eigenvalue weighted by Gasteiger charge is -2.08. The third-order valence-corrected chi connectivity index (χ3v) is 3.00. The number of hydrogen-bond donors (Lipinski definition) is 1. The Morgan fingerprint density at radius 3 is 2.58 bits per heavy atom. The highest BCUT2D eigenvalue weighted by Gasteiger charge is 2.18. The molecule has 0 fully saturated rings. The number of pyridine rings is 1. The number of carbonyl (C=O) groups is 1. The number of nitro benzene ring substituents is 1. The van der Waals surface area contributed by atoms with Crippen LogP contribution in [0.15, 0.2) is 41.6 Å². The Morgan fingerprint density at radius 1 is 1.29 bits per heavy atom. The summed E-state index contributed by atoms with van der Waals surface area (Å²) < 4.78 is 10.1. The molecule has 9 heteroatoms. The molecule has 1 heterocycles. The van der Waals surface area contributed by atoms with Gasteiger partial charge in [-0.25, -0.2) is 5.43 Å². The molecule has 24 heavy (non-hydrogen) atoms. The number of methoxy groups -OCH3 is 2. The molecule has 0 aliphatic carbocycles. The van der Waals surface area contributed by atoms with Crippen LogP contribution in [0.1, 0.15) is 16.1 Å². The minimum atomic E-state index is -0.579. The summed E-state index contributed by atoms with van der Waals surface area (Å²) in [6, 6.07) is 7.47. The monoisotopic (exact) mass is 330 g/mol. The summed E-state index contributed by atoms with van der Waals surface area (Å²) in [4.78, 5) is 26.3. The maximum atomic E-state index is 11.8. The highest BCUT2D eigenvalue weighted by molar-refractivity contribution is 5.93. The third-order valence-electron chi connectivity index (χ3n) is 3.00. The number of hydrazone groups is 1. The van der Waals surface area contributed by atoms with Gasteiger partial charge in [0.1, 0.15) is 5.69 Å². The van der Waals surface area contributed by atoms with Crippen LogP contribution >= 0.6 is 0 Å². The maximum Gasteiger partial charge on any atom is 0.289 e. The molecule has 0 aliphatic rings. The molecular formula is C15H14N4O5. The van der Waals surface area contributed by atoms with Crippen molar-refractivity contribution in [3.63, 3.8) is 0 Å². The van der Waals surface area contributed by atoms with Crippen LogP contribution in [-0.4, -0.2) is 36.2 Å². The van der Waals surface area contributed by atoms with Crippen LogP contribution in [0.3, 0.4) is 0 Å². The fraction of sp³-hybridized carbons (Fsp3) is 0.133. The predicted octanol–water partition coefficient (Wildman–Crippen LogP) is 1.77. The number of nitro groups is 1. The molecule has 124 valence electrons. The lowest BCUT2D eigenvalue weighted by atomic mass is 10.1. The summed E-state index contributed by atoms with van der Waals surface area (Å²) in [6.45, 7) is 0. The van der Waals surface area contributed by atoms with E-state index in [1.54, 1.807) is 12.1 Å². The van der Waals surface area contributed by atoms with Crippen molar-refractivity contribution in [2.75, 3.05) is 14.2 Å². The van der Waals surface area contributed by atoms with Crippen LogP contribution in [-0.2, 0) is 0 Å². The highest BCUT2D eigenvalue weighted by Crippen LogP contribution is 2.33. The highest BCUT2D eigenvalue weighted by atomic mass is 16.6. The molecule has 2 rings (SSSR count). The Kier molecular flexibility index (Phi) is 5.40. The van der Waals surface area contributed by atoms with E-state index in [9.17, 15) is 14.9 Å². The number of rotatable bonds is 6. The fourth-order valence-corrected chi connectivity index (χ4v) is 1.86. The van der Waals surface area contributed by atoms with E-state index in [0.29, 0.717) is 5.75 Å². The molecule has 9 nitrogen and oxygen atoms in total. The summed E-state index contributed by atoms with van der Waals surface area (Å²) >= 11 is 0. The van der Waals surface area contributed by atoms with Gasteiger partial charge in [0.15, 0.2) is 11.5 Å². The molecule has 0 radical (unpaired) electrons. The average molecular weight is 330 g/mol. The first-order chi connectivity index (χ1) is 11.6. The maximum absolute atomic E-state index is 11.8. The van der Waals surface area contributed by atoms with Crippen molar-refractivity contribution in [1.82, 2.24) is 10.4 Å². The molecule has 0 atom stereocenters. The minimum Gasteiger partial charge on any atom is -0.493 e. The van der Waals surface area contributed by atoms with Gasteiger partial charge in [0.2, 0.25) is 0 Å². The van der Waals surface area contributed by atoms with Crippen molar-refractivity contribution in [3.05, 3.63) is 57.9 Å². The summed E-state index contributed by atoms with van der Waals surface area (Å²) in [5, 5.41) is 14.9. The van der Waals surface area contributed by atoms with Crippen LogP contribution in [0.5, 0.6) is 11.5 Å². The van der Waals surface area contributed by atoms with Crippen LogP contribution in [0.4, 0.5) is 5.69 Å². The Bertz CT molecular complexity index is 777. The van der Waals surface area contributed by atoms with Crippen LogP contribution in [0, 0.1) is 10.1 Å². The van der Waals surface area contributed by atoms with Crippen LogP contribution < -0.4 is 14.9 Å². The SMILES string of the molecule is COc1cc(/C=N/NC(=O)c2ccccn2)c([N+](=O)[O-])cc1OC. The molecule has 1 N–H and O–H groups in total. The van der Waals surface area contributed by atoms with Gasteiger partial charge in [-0.1, -0.05) is 6.07 Å². The molecule has 0 spiro atoms. The fourth-order valence-electron chi connectivity index (χ4n) is 1.86. The van der Waals surface area contributed by atoms with Gasteiger partial charge in [0.05, 0.1) is 37.0 Å². The average Bonchev–Trinajstić information content (AvgIpc) is 2.61. The van der Waals surface area contributed by atoms with E-state index >= 15 is 0 Å². The Hall–Kier alpha value is -3.49. The van der Waals surface area contributed by atoms with Gasteiger partial charge in [-0.3, -0.25) is 19.9 Å². The van der Waals surface area contributed by atoms with Crippen molar-refractivity contribution in [1.29, 1.82) is 0 Å². The first kappa shape index (κ1) is 16.9. The van der Waals surface area contributed by atoms with E-state index < -0.39 is 10.8 Å². The van der Waals surface area contributed by atoms with E-state index in [1.807, 2.05) is 0 Å². The van der Waals surface area contributed by atoms with Gasteiger partial charge in [-0.05, 0) is 18.2 Å². The third kappa shape index (κ3) is 3.83. The van der Waals surface area contributed by atoms with Gasteiger partial charge in [-0.2, -0.15) is 5.10 Å². The second-order valence-corrected chi connectivity index (χ2v) is 4.44. The molecule has 1 aromatic heterocycles. The number of hydrogen-bond acceptors (Lipinski definition) is 7. The molecule has 2 aromatic rings. The molecule has 0 saturated carbocycles. The Morgan fingerprint density at radius 2 is 2.00 bits per heavy atom. The van der Waals surface area contributed by atoms with E-state index in [0.717, 1.165) is 6.21 Å². The normalized spacial score (nSPS) is 10.4. The van der Waals surface area contributed by atoms with Crippen molar-refractivity contribution in [2.45, 2.75) is 0 Å². The van der Waals surface area contributed by atoms with Crippen LogP contribution in [0.25, 0.3) is 0 Å². The summed E-state index contributed by atoms with van der Waals surface area (Å²) in [7, 11) is 2.79. The van der Waals surface area contributed by atoms with E-state index in [2.05, 4.69) is 15.5 Å².